The molecule has 2 rings (SSSR count). The molecule has 0 aliphatic rings. The van der Waals surface area contributed by atoms with Gasteiger partial charge in [-0.05, 0) is 0 Å². The second-order valence-electron chi connectivity index (χ2n) is 5.85. The van der Waals surface area contributed by atoms with E-state index < -0.39 is 27.2 Å². The summed E-state index contributed by atoms with van der Waals surface area (Å²) in [6.45, 7) is 0. The van der Waals surface area contributed by atoms with Crippen molar-refractivity contribution in [1.82, 2.24) is 0 Å². The van der Waals surface area contributed by atoms with Crippen LogP contribution in [0.15, 0.2) is 60.7 Å². The summed E-state index contributed by atoms with van der Waals surface area (Å²) in [4.78, 5) is 0. The van der Waals surface area contributed by atoms with Crippen molar-refractivity contribution in [2.24, 2.45) is 0 Å². The molecule has 0 fully saturated rings. The average Bonchev–Trinajstić information content (AvgIpc) is 2.40. The zero-order valence-corrected chi connectivity index (χ0v) is 16.4. The van der Waals surface area contributed by atoms with Crippen LogP contribution in [-0.2, 0) is 2.79 Å². The SMILES string of the molecule is [CH3][Ge]([CH3])([O][Ge]([CH3])([CH3])[c]1ccccc1)[c]1ccccc1. The summed E-state index contributed by atoms with van der Waals surface area (Å²) in [6, 6.07) is 21.5. The molecule has 0 N–H and O–H groups in total. The quantitative estimate of drug-likeness (QED) is 0.746. The molecule has 0 saturated carbocycles. The summed E-state index contributed by atoms with van der Waals surface area (Å²) in [6.07, 6.45) is 0. The third kappa shape index (κ3) is 3.74. The fourth-order valence-electron chi connectivity index (χ4n) is 2.43. The minimum absolute atomic E-state index is 1.43. The zero-order chi connectivity index (χ0) is 13.9. The van der Waals surface area contributed by atoms with E-state index in [1.165, 1.54) is 8.79 Å². The molecule has 3 heteroatoms. The molecular weight excluding hydrogens is 353 g/mol. The van der Waals surface area contributed by atoms with Crippen molar-refractivity contribution in [3.63, 3.8) is 0 Å². The first-order valence-electron chi connectivity index (χ1n) is 6.73. The predicted molar refractivity (Wildman–Crippen MR) is 88.2 cm³/mol. The minimum atomic E-state index is -2.37. The van der Waals surface area contributed by atoms with Gasteiger partial charge in [0.1, 0.15) is 0 Å². The van der Waals surface area contributed by atoms with Gasteiger partial charge in [-0.3, -0.25) is 0 Å². The maximum absolute atomic E-state index is 6.77. The third-order valence-corrected chi connectivity index (χ3v) is 23.9. The van der Waals surface area contributed by atoms with Gasteiger partial charge in [0.25, 0.3) is 0 Å². The zero-order valence-electron chi connectivity index (χ0n) is 12.2. The van der Waals surface area contributed by atoms with Crippen LogP contribution in [0.4, 0.5) is 0 Å². The monoisotopic (exact) mass is 378 g/mol. The van der Waals surface area contributed by atoms with Crippen LogP contribution in [0.2, 0.25) is 23.0 Å². The summed E-state index contributed by atoms with van der Waals surface area (Å²) in [5.74, 6) is 9.41. The molecular formula is C16H22Ge2O. The first kappa shape index (κ1) is 14.9. The summed E-state index contributed by atoms with van der Waals surface area (Å²) in [5, 5.41) is 0. The van der Waals surface area contributed by atoms with Crippen LogP contribution in [0.25, 0.3) is 0 Å². The van der Waals surface area contributed by atoms with Crippen LogP contribution in [0.5, 0.6) is 0 Å². The fourth-order valence-corrected chi connectivity index (χ4v) is 26.3. The first-order chi connectivity index (χ1) is 8.92. The van der Waals surface area contributed by atoms with E-state index >= 15 is 0 Å². The Morgan fingerprint density at radius 1 is 0.579 bits per heavy atom. The van der Waals surface area contributed by atoms with Crippen molar-refractivity contribution < 1.29 is 2.79 Å². The van der Waals surface area contributed by atoms with Crippen LogP contribution in [0.1, 0.15) is 0 Å². The Kier molecular flexibility index (Phi) is 4.59. The Morgan fingerprint density at radius 3 is 1.21 bits per heavy atom. The van der Waals surface area contributed by atoms with Crippen molar-refractivity contribution >= 4 is 36.0 Å². The molecule has 0 heterocycles. The summed E-state index contributed by atoms with van der Waals surface area (Å²) in [7, 11) is 0. The van der Waals surface area contributed by atoms with E-state index in [1.807, 2.05) is 0 Å². The van der Waals surface area contributed by atoms with Gasteiger partial charge in [0, 0.05) is 0 Å². The van der Waals surface area contributed by atoms with Crippen LogP contribution < -0.4 is 8.79 Å². The van der Waals surface area contributed by atoms with Gasteiger partial charge in [-0.15, -0.1) is 0 Å². The Balaban J connectivity index is 2.25. The van der Waals surface area contributed by atoms with Crippen LogP contribution in [0, 0.1) is 0 Å². The van der Waals surface area contributed by atoms with Crippen molar-refractivity contribution in [3.8, 4) is 0 Å². The molecule has 1 nitrogen and oxygen atoms in total. The predicted octanol–water partition coefficient (Wildman–Crippen LogP) is 3.23. The Hall–Kier alpha value is -0.514. The molecule has 0 radical (unpaired) electrons. The van der Waals surface area contributed by atoms with Gasteiger partial charge in [-0.1, -0.05) is 0 Å². The van der Waals surface area contributed by atoms with Crippen molar-refractivity contribution in [3.05, 3.63) is 60.7 Å². The van der Waals surface area contributed by atoms with E-state index in [0.717, 1.165) is 0 Å². The van der Waals surface area contributed by atoms with Gasteiger partial charge in [-0.25, -0.2) is 0 Å². The Labute approximate surface area is 122 Å². The number of rotatable bonds is 4. The Morgan fingerprint density at radius 2 is 0.895 bits per heavy atom. The van der Waals surface area contributed by atoms with E-state index in [9.17, 15) is 0 Å². The molecule has 0 unspecified atom stereocenters. The van der Waals surface area contributed by atoms with Gasteiger partial charge >= 0.3 is 122 Å². The molecule has 2 aromatic rings. The maximum atomic E-state index is 6.77. The van der Waals surface area contributed by atoms with Gasteiger partial charge in [0.2, 0.25) is 0 Å². The van der Waals surface area contributed by atoms with Gasteiger partial charge < -0.3 is 0 Å². The first-order valence-corrected chi connectivity index (χ1v) is 18.9. The van der Waals surface area contributed by atoms with E-state index in [1.54, 1.807) is 0 Å². The number of benzene rings is 2. The van der Waals surface area contributed by atoms with Crippen molar-refractivity contribution in [2.75, 3.05) is 0 Å². The second-order valence-corrected chi connectivity index (χ2v) is 23.6. The van der Waals surface area contributed by atoms with Crippen molar-refractivity contribution in [2.45, 2.75) is 23.0 Å². The molecule has 2 aromatic carbocycles. The molecule has 0 spiro atoms. The molecule has 0 bridgehead atoms. The van der Waals surface area contributed by atoms with E-state index in [4.69, 9.17) is 2.79 Å². The molecule has 0 atom stereocenters. The molecule has 0 aliphatic heterocycles. The molecule has 0 amide bonds. The van der Waals surface area contributed by atoms with Crippen LogP contribution >= 0.6 is 0 Å². The van der Waals surface area contributed by atoms with E-state index in [2.05, 4.69) is 83.7 Å². The van der Waals surface area contributed by atoms with Gasteiger partial charge in [0.05, 0.1) is 0 Å². The van der Waals surface area contributed by atoms with Crippen LogP contribution in [-0.4, -0.2) is 27.2 Å². The van der Waals surface area contributed by atoms with E-state index in [0.29, 0.717) is 0 Å². The summed E-state index contributed by atoms with van der Waals surface area (Å²) >= 11 is -4.73. The normalized spacial score (nSPS) is 12.4. The molecule has 19 heavy (non-hydrogen) atoms. The van der Waals surface area contributed by atoms with Gasteiger partial charge in [0.15, 0.2) is 0 Å². The Bertz CT molecular complexity index is 471. The van der Waals surface area contributed by atoms with Crippen molar-refractivity contribution in [1.29, 1.82) is 0 Å². The molecule has 100 valence electrons. The fraction of sp³-hybridized carbons (Fsp3) is 0.250. The topological polar surface area (TPSA) is 9.23 Å². The standard InChI is InChI=1S/C16H22Ge2O/c1-17(2,15-11-7-5-8-12-15)19-18(3,4)16-13-9-6-10-14-16/h5-14H,1-4H3. The van der Waals surface area contributed by atoms with E-state index in [-0.39, 0.29) is 0 Å². The summed E-state index contributed by atoms with van der Waals surface area (Å²) in [5.41, 5.74) is 0. The summed E-state index contributed by atoms with van der Waals surface area (Å²) < 4.78 is 9.63. The number of hydrogen-bond donors (Lipinski definition) is 0. The third-order valence-electron chi connectivity index (χ3n) is 3.45. The molecule has 0 aliphatic carbocycles. The second kappa shape index (κ2) is 5.86. The van der Waals surface area contributed by atoms with Gasteiger partial charge in [-0.2, -0.15) is 0 Å². The average molecular weight is 376 g/mol. The van der Waals surface area contributed by atoms with Crippen LogP contribution in [0.3, 0.4) is 0 Å². The molecule has 0 aromatic heterocycles. The molecule has 0 saturated heterocycles. The number of hydrogen-bond acceptors (Lipinski definition) is 1.